The molecule has 0 fully saturated rings. The molecular formula is C8H13N3O. The molecule has 0 atom stereocenters. The second kappa shape index (κ2) is 3.49. The molecule has 66 valence electrons. The van der Waals surface area contributed by atoms with Crippen LogP contribution in [0.5, 0.6) is 0 Å². The molecule has 0 amide bonds. The molecule has 0 saturated heterocycles. The van der Waals surface area contributed by atoms with Gasteiger partial charge in [0.15, 0.2) is 6.29 Å². The van der Waals surface area contributed by atoms with Gasteiger partial charge in [-0.15, -0.1) is 0 Å². The highest BCUT2D eigenvalue weighted by Gasteiger charge is 2.06. The zero-order chi connectivity index (χ0) is 9.14. The van der Waals surface area contributed by atoms with Crippen molar-refractivity contribution in [3.05, 3.63) is 17.5 Å². The number of rotatable bonds is 3. The minimum absolute atomic E-state index is 0.672. The van der Waals surface area contributed by atoms with Crippen molar-refractivity contribution in [1.29, 1.82) is 0 Å². The van der Waals surface area contributed by atoms with E-state index in [-0.39, 0.29) is 0 Å². The van der Waals surface area contributed by atoms with Gasteiger partial charge in [0.05, 0.1) is 11.3 Å². The molecule has 0 bridgehead atoms. The molecule has 0 saturated carbocycles. The summed E-state index contributed by atoms with van der Waals surface area (Å²) < 4.78 is 1.66. The van der Waals surface area contributed by atoms with Gasteiger partial charge in [-0.05, 0) is 14.1 Å². The molecule has 0 spiro atoms. The number of aldehydes is 1. The van der Waals surface area contributed by atoms with Crippen molar-refractivity contribution in [1.82, 2.24) is 14.7 Å². The summed E-state index contributed by atoms with van der Waals surface area (Å²) in [5.41, 5.74) is 1.50. The van der Waals surface area contributed by atoms with E-state index in [1.165, 1.54) is 0 Å². The molecule has 0 aliphatic rings. The number of hydrogen-bond acceptors (Lipinski definition) is 3. The largest absolute Gasteiger partial charge is 0.303 e. The minimum Gasteiger partial charge on any atom is -0.303 e. The van der Waals surface area contributed by atoms with Crippen LogP contribution in [-0.4, -0.2) is 35.1 Å². The Morgan fingerprint density at radius 1 is 1.67 bits per heavy atom. The molecule has 0 N–H and O–H groups in total. The van der Waals surface area contributed by atoms with Crippen LogP contribution in [0.3, 0.4) is 0 Å². The van der Waals surface area contributed by atoms with E-state index in [0.717, 1.165) is 12.0 Å². The van der Waals surface area contributed by atoms with Gasteiger partial charge in [0.2, 0.25) is 0 Å². The molecular weight excluding hydrogens is 154 g/mol. The Bertz CT molecular complexity index is 278. The lowest BCUT2D eigenvalue weighted by atomic mass is 10.2. The number of nitrogens with zero attached hydrogens (tertiary/aromatic N) is 3. The molecule has 0 aromatic carbocycles. The Hall–Kier alpha value is -1.16. The monoisotopic (exact) mass is 167 g/mol. The predicted octanol–water partition coefficient (Wildman–Crippen LogP) is 0.294. The third-order valence-electron chi connectivity index (χ3n) is 1.53. The van der Waals surface area contributed by atoms with Gasteiger partial charge in [-0.3, -0.25) is 9.48 Å². The highest BCUT2D eigenvalue weighted by Crippen LogP contribution is 2.04. The highest BCUT2D eigenvalue weighted by atomic mass is 16.1. The van der Waals surface area contributed by atoms with Crippen LogP contribution in [0.1, 0.15) is 16.1 Å². The summed E-state index contributed by atoms with van der Waals surface area (Å²) in [7, 11) is 5.71. The van der Waals surface area contributed by atoms with Gasteiger partial charge in [-0.1, -0.05) is 0 Å². The molecule has 4 heteroatoms. The van der Waals surface area contributed by atoms with Crippen LogP contribution in [0.2, 0.25) is 0 Å². The summed E-state index contributed by atoms with van der Waals surface area (Å²) in [6, 6.07) is 0. The average molecular weight is 167 g/mol. The van der Waals surface area contributed by atoms with Gasteiger partial charge in [-0.2, -0.15) is 5.10 Å². The fraction of sp³-hybridized carbons (Fsp3) is 0.500. The number of hydrogen-bond donors (Lipinski definition) is 0. The van der Waals surface area contributed by atoms with Crippen molar-refractivity contribution < 1.29 is 4.79 Å². The van der Waals surface area contributed by atoms with Gasteiger partial charge in [-0.25, -0.2) is 0 Å². The van der Waals surface area contributed by atoms with Crippen LogP contribution in [0, 0.1) is 0 Å². The van der Waals surface area contributed by atoms with Crippen molar-refractivity contribution in [2.45, 2.75) is 6.54 Å². The van der Waals surface area contributed by atoms with Crippen molar-refractivity contribution in [3.63, 3.8) is 0 Å². The lowest BCUT2D eigenvalue weighted by Gasteiger charge is -2.06. The lowest BCUT2D eigenvalue weighted by Crippen LogP contribution is -2.12. The molecule has 1 aromatic heterocycles. The van der Waals surface area contributed by atoms with E-state index in [4.69, 9.17) is 0 Å². The molecule has 1 rings (SSSR count). The van der Waals surface area contributed by atoms with E-state index in [0.29, 0.717) is 12.1 Å². The zero-order valence-electron chi connectivity index (χ0n) is 7.61. The van der Waals surface area contributed by atoms with E-state index < -0.39 is 0 Å². The Morgan fingerprint density at radius 3 is 2.83 bits per heavy atom. The van der Waals surface area contributed by atoms with E-state index >= 15 is 0 Å². The SMILES string of the molecule is CN(C)Cc1nn(C)cc1C=O. The number of carbonyl (C=O) groups excluding carboxylic acids is 1. The maximum Gasteiger partial charge on any atom is 0.153 e. The van der Waals surface area contributed by atoms with Crippen LogP contribution in [0.4, 0.5) is 0 Å². The number of aromatic nitrogens is 2. The van der Waals surface area contributed by atoms with Gasteiger partial charge >= 0.3 is 0 Å². The fourth-order valence-corrected chi connectivity index (χ4v) is 1.07. The van der Waals surface area contributed by atoms with Gasteiger partial charge < -0.3 is 4.90 Å². The zero-order valence-corrected chi connectivity index (χ0v) is 7.61. The first-order valence-corrected chi connectivity index (χ1v) is 3.76. The Labute approximate surface area is 71.8 Å². The van der Waals surface area contributed by atoms with Crippen LogP contribution in [0.15, 0.2) is 6.20 Å². The summed E-state index contributed by atoms with van der Waals surface area (Å²) in [4.78, 5) is 12.5. The summed E-state index contributed by atoms with van der Waals surface area (Å²) >= 11 is 0. The molecule has 0 unspecified atom stereocenters. The van der Waals surface area contributed by atoms with Crippen LogP contribution >= 0.6 is 0 Å². The second-order valence-electron chi connectivity index (χ2n) is 3.06. The van der Waals surface area contributed by atoms with Crippen LogP contribution in [-0.2, 0) is 13.6 Å². The minimum atomic E-state index is 0.672. The Morgan fingerprint density at radius 2 is 2.33 bits per heavy atom. The molecule has 0 radical (unpaired) electrons. The van der Waals surface area contributed by atoms with Gasteiger partial charge in [0, 0.05) is 19.8 Å². The first kappa shape index (κ1) is 8.93. The molecule has 4 nitrogen and oxygen atoms in total. The van der Waals surface area contributed by atoms with E-state index in [1.54, 1.807) is 10.9 Å². The Kier molecular flexibility index (Phi) is 2.60. The van der Waals surface area contributed by atoms with E-state index in [9.17, 15) is 4.79 Å². The maximum absolute atomic E-state index is 10.6. The quantitative estimate of drug-likeness (QED) is 0.607. The van der Waals surface area contributed by atoms with Crippen molar-refractivity contribution in [3.8, 4) is 0 Å². The molecule has 1 aromatic rings. The fourth-order valence-electron chi connectivity index (χ4n) is 1.07. The normalized spacial score (nSPS) is 10.7. The van der Waals surface area contributed by atoms with Crippen LogP contribution < -0.4 is 0 Å². The first-order valence-electron chi connectivity index (χ1n) is 3.76. The molecule has 1 heterocycles. The highest BCUT2D eigenvalue weighted by molar-refractivity contribution is 5.75. The molecule has 0 aliphatic carbocycles. The molecule has 12 heavy (non-hydrogen) atoms. The van der Waals surface area contributed by atoms with Crippen LogP contribution in [0.25, 0.3) is 0 Å². The van der Waals surface area contributed by atoms with Crippen molar-refractivity contribution in [2.75, 3.05) is 14.1 Å². The summed E-state index contributed by atoms with van der Waals surface area (Å²) in [5.74, 6) is 0. The topological polar surface area (TPSA) is 38.1 Å². The first-order chi connectivity index (χ1) is 5.63. The summed E-state index contributed by atoms with van der Waals surface area (Å²) in [6.45, 7) is 0.703. The molecule has 0 aliphatic heterocycles. The smallest absolute Gasteiger partial charge is 0.153 e. The lowest BCUT2D eigenvalue weighted by molar-refractivity contribution is 0.112. The Balaban J connectivity index is 2.89. The second-order valence-corrected chi connectivity index (χ2v) is 3.06. The van der Waals surface area contributed by atoms with E-state index in [1.807, 2.05) is 26.0 Å². The summed E-state index contributed by atoms with van der Waals surface area (Å²) in [5, 5.41) is 4.17. The summed E-state index contributed by atoms with van der Waals surface area (Å²) in [6.07, 6.45) is 2.57. The third-order valence-corrected chi connectivity index (χ3v) is 1.53. The van der Waals surface area contributed by atoms with Crippen molar-refractivity contribution >= 4 is 6.29 Å². The predicted molar refractivity (Wildman–Crippen MR) is 46.0 cm³/mol. The average Bonchev–Trinajstić information content (AvgIpc) is 2.29. The number of carbonyl (C=O) groups is 1. The number of aryl methyl sites for hydroxylation is 1. The van der Waals surface area contributed by atoms with Gasteiger partial charge in [0.25, 0.3) is 0 Å². The van der Waals surface area contributed by atoms with Crippen molar-refractivity contribution in [2.24, 2.45) is 7.05 Å². The third kappa shape index (κ3) is 1.92. The van der Waals surface area contributed by atoms with E-state index in [2.05, 4.69) is 5.10 Å². The van der Waals surface area contributed by atoms with Gasteiger partial charge in [0.1, 0.15) is 0 Å². The standard InChI is InChI=1S/C8H13N3O/c1-10(2)5-8-7(6-12)4-11(3)9-8/h4,6H,5H2,1-3H3. The maximum atomic E-state index is 10.6.